The van der Waals surface area contributed by atoms with E-state index in [1.54, 1.807) is 12.1 Å². The lowest BCUT2D eigenvalue weighted by Crippen LogP contribution is -1.87. The van der Waals surface area contributed by atoms with Gasteiger partial charge in [-0.2, -0.15) is 5.10 Å². The molecule has 1 N–H and O–H groups in total. The number of nitrogens with one attached hydrogen (secondary N) is 1. The molecule has 0 bridgehead atoms. The van der Waals surface area contributed by atoms with E-state index < -0.39 is 4.92 Å². The molecule has 0 spiro atoms. The van der Waals surface area contributed by atoms with Gasteiger partial charge in [-0.3, -0.25) is 15.2 Å². The second-order valence-electron chi connectivity index (χ2n) is 4.74. The first-order valence-corrected chi connectivity index (χ1v) is 6.55. The number of benzene rings is 2. The number of nitro groups is 1. The van der Waals surface area contributed by atoms with Crippen LogP contribution >= 0.6 is 0 Å². The predicted molar refractivity (Wildman–Crippen MR) is 79.9 cm³/mol. The zero-order valence-corrected chi connectivity index (χ0v) is 11.2. The number of aromatic amines is 1. The van der Waals surface area contributed by atoms with E-state index in [2.05, 4.69) is 22.3 Å². The smallest absolute Gasteiger partial charge is 0.269 e. The molecular formula is C16H13N3O2. The van der Waals surface area contributed by atoms with Crippen LogP contribution in [0, 0.1) is 10.1 Å². The summed E-state index contributed by atoms with van der Waals surface area (Å²) in [6, 6.07) is 18.5. The van der Waals surface area contributed by atoms with Gasteiger partial charge in [-0.05, 0) is 23.8 Å². The Morgan fingerprint density at radius 3 is 2.43 bits per heavy atom. The van der Waals surface area contributed by atoms with Gasteiger partial charge in [0.2, 0.25) is 0 Å². The molecular weight excluding hydrogens is 266 g/mol. The molecule has 3 rings (SSSR count). The van der Waals surface area contributed by atoms with Gasteiger partial charge < -0.3 is 0 Å². The van der Waals surface area contributed by atoms with Crippen LogP contribution in [0.3, 0.4) is 0 Å². The number of nitro benzene ring substituents is 1. The Morgan fingerprint density at radius 2 is 1.76 bits per heavy atom. The molecule has 0 atom stereocenters. The summed E-state index contributed by atoms with van der Waals surface area (Å²) in [5.74, 6) is 0. The van der Waals surface area contributed by atoms with E-state index in [9.17, 15) is 10.1 Å². The molecule has 5 nitrogen and oxygen atoms in total. The molecule has 0 amide bonds. The van der Waals surface area contributed by atoms with Crippen molar-refractivity contribution in [3.8, 4) is 11.3 Å². The molecule has 1 aromatic heterocycles. The largest absolute Gasteiger partial charge is 0.282 e. The van der Waals surface area contributed by atoms with Crippen molar-refractivity contribution in [1.29, 1.82) is 0 Å². The summed E-state index contributed by atoms with van der Waals surface area (Å²) in [7, 11) is 0. The number of aromatic nitrogens is 2. The molecule has 0 saturated carbocycles. The van der Waals surface area contributed by atoms with Crippen LogP contribution in [0.25, 0.3) is 11.3 Å². The topological polar surface area (TPSA) is 71.8 Å². The fourth-order valence-electron chi connectivity index (χ4n) is 2.17. The van der Waals surface area contributed by atoms with Crippen molar-refractivity contribution in [3.05, 3.63) is 82.0 Å². The summed E-state index contributed by atoms with van der Waals surface area (Å²) < 4.78 is 0. The maximum Gasteiger partial charge on any atom is 0.269 e. The van der Waals surface area contributed by atoms with Gasteiger partial charge in [0.15, 0.2) is 0 Å². The van der Waals surface area contributed by atoms with Crippen LogP contribution in [-0.2, 0) is 6.42 Å². The summed E-state index contributed by atoms with van der Waals surface area (Å²) in [5, 5.41) is 17.9. The van der Waals surface area contributed by atoms with E-state index >= 15 is 0 Å². The van der Waals surface area contributed by atoms with Crippen LogP contribution in [0.5, 0.6) is 0 Å². The predicted octanol–water partition coefficient (Wildman–Crippen LogP) is 3.58. The van der Waals surface area contributed by atoms with Gasteiger partial charge in [0.25, 0.3) is 5.69 Å². The molecule has 5 heteroatoms. The fraction of sp³-hybridized carbons (Fsp3) is 0.0625. The minimum atomic E-state index is -0.408. The zero-order chi connectivity index (χ0) is 14.7. The molecule has 2 aromatic carbocycles. The second kappa shape index (κ2) is 5.58. The average Bonchev–Trinajstić information content (AvgIpc) is 2.97. The van der Waals surface area contributed by atoms with Crippen LogP contribution in [0.15, 0.2) is 60.7 Å². The van der Waals surface area contributed by atoms with Gasteiger partial charge in [0.05, 0.1) is 10.6 Å². The number of rotatable bonds is 4. The third-order valence-corrected chi connectivity index (χ3v) is 3.24. The molecule has 0 aliphatic rings. The highest BCUT2D eigenvalue weighted by atomic mass is 16.6. The molecule has 21 heavy (non-hydrogen) atoms. The van der Waals surface area contributed by atoms with Crippen molar-refractivity contribution in [1.82, 2.24) is 10.2 Å². The van der Waals surface area contributed by atoms with Gasteiger partial charge >= 0.3 is 0 Å². The summed E-state index contributed by atoms with van der Waals surface area (Å²) in [6.45, 7) is 0. The molecule has 0 unspecified atom stereocenters. The highest BCUT2D eigenvalue weighted by molar-refractivity contribution is 5.61. The summed E-state index contributed by atoms with van der Waals surface area (Å²) in [6.07, 6.45) is 0.779. The quantitative estimate of drug-likeness (QED) is 0.586. The van der Waals surface area contributed by atoms with E-state index in [1.165, 1.54) is 17.7 Å². The molecule has 0 fully saturated rings. The molecule has 0 aliphatic carbocycles. The Labute approximate surface area is 121 Å². The van der Waals surface area contributed by atoms with Crippen LogP contribution < -0.4 is 0 Å². The van der Waals surface area contributed by atoms with Crippen molar-refractivity contribution in [2.45, 2.75) is 6.42 Å². The van der Waals surface area contributed by atoms with Gasteiger partial charge in [0, 0.05) is 29.8 Å². The number of H-pyrrole nitrogens is 1. The van der Waals surface area contributed by atoms with Gasteiger partial charge in [-0.15, -0.1) is 0 Å². The number of non-ortho nitro benzene ring substituents is 1. The number of nitrogens with zero attached hydrogens (tertiary/aromatic N) is 2. The molecule has 0 aliphatic heterocycles. The van der Waals surface area contributed by atoms with E-state index in [4.69, 9.17) is 0 Å². The van der Waals surface area contributed by atoms with Crippen LogP contribution in [0.1, 0.15) is 11.3 Å². The molecule has 3 aromatic rings. The van der Waals surface area contributed by atoms with Crippen LogP contribution in [0.2, 0.25) is 0 Å². The summed E-state index contributed by atoms with van der Waals surface area (Å²) in [5.41, 5.74) is 3.94. The Hall–Kier alpha value is -2.95. The van der Waals surface area contributed by atoms with Gasteiger partial charge in [-0.1, -0.05) is 30.3 Å². The Morgan fingerprint density at radius 1 is 1.05 bits per heavy atom. The molecule has 0 saturated heterocycles. The van der Waals surface area contributed by atoms with Crippen molar-refractivity contribution >= 4 is 5.69 Å². The summed E-state index contributed by atoms with van der Waals surface area (Å²) >= 11 is 0. The Bertz CT molecular complexity index is 749. The van der Waals surface area contributed by atoms with Crippen LogP contribution in [-0.4, -0.2) is 15.1 Å². The first-order chi connectivity index (χ1) is 10.2. The Balaban J connectivity index is 1.80. The van der Waals surface area contributed by atoms with Crippen molar-refractivity contribution < 1.29 is 4.92 Å². The minimum absolute atomic E-state index is 0.0822. The van der Waals surface area contributed by atoms with E-state index in [0.717, 1.165) is 23.4 Å². The maximum absolute atomic E-state index is 10.6. The first kappa shape index (κ1) is 13.1. The van der Waals surface area contributed by atoms with Gasteiger partial charge in [0.1, 0.15) is 0 Å². The van der Waals surface area contributed by atoms with Gasteiger partial charge in [-0.25, -0.2) is 0 Å². The number of hydrogen-bond acceptors (Lipinski definition) is 3. The fourth-order valence-corrected chi connectivity index (χ4v) is 2.17. The normalized spacial score (nSPS) is 10.5. The van der Waals surface area contributed by atoms with E-state index in [-0.39, 0.29) is 5.69 Å². The van der Waals surface area contributed by atoms with Crippen LogP contribution in [0.4, 0.5) is 5.69 Å². The highest BCUT2D eigenvalue weighted by Gasteiger charge is 2.08. The van der Waals surface area contributed by atoms with E-state index in [0.29, 0.717) is 0 Å². The monoisotopic (exact) mass is 279 g/mol. The highest BCUT2D eigenvalue weighted by Crippen LogP contribution is 2.21. The zero-order valence-electron chi connectivity index (χ0n) is 11.2. The second-order valence-corrected chi connectivity index (χ2v) is 4.74. The SMILES string of the molecule is O=[N+]([O-])c1ccc(-c2cc(Cc3ccccc3)[nH]n2)cc1. The molecule has 104 valence electrons. The van der Waals surface area contributed by atoms with Crippen molar-refractivity contribution in [2.24, 2.45) is 0 Å². The number of hydrogen-bond donors (Lipinski definition) is 1. The average molecular weight is 279 g/mol. The van der Waals surface area contributed by atoms with Crippen molar-refractivity contribution in [3.63, 3.8) is 0 Å². The Kier molecular flexibility index (Phi) is 3.47. The van der Waals surface area contributed by atoms with Crippen molar-refractivity contribution in [2.75, 3.05) is 0 Å². The van der Waals surface area contributed by atoms with E-state index in [1.807, 2.05) is 24.3 Å². The maximum atomic E-state index is 10.6. The lowest BCUT2D eigenvalue weighted by molar-refractivity contribution is -0.384. The first-order valence-electron chi connectivity index (χ1n) is 6.55. The summed E-state index contributed by atoms with van der Waals surface area (Å²) in [4.78, 5) is 10.2. The molecule has 1 heterocycles. The lowest BCUT2D eigenvalue weighted by Gasteiger charge is -1.97. The third kappa shape index (κ3) is 2.97. The molecule has 0 radical (unpaired) electrons. The standard InChI is InChI=1S/C16H13N3O2/c20-19(21)15-8-6-13(7-9-15)16-11-14(17-18-16)10-12-4-2-1-3-5-12/h1-9,11H,10H2,(H,17,18). The lowest BCUT2D eigenvalue weighted by atomic mass is 10.1. The minimum Gasteiger partial charge on any atom is -0.282 e. The third-order valence-electron chi connectivity index (χ3n) is 3.24.